The molecule has 5 nitrogen and oxygen atoms in total. The number of hydrogen-bond acceptors (Lipinski definition) is 4. The van der Waals surface area contributed by atoms with Crippen molar-refractivity contribution in [2.24, 2.45) is 0 Å². The Balaban J connectivity index is 1.52. The summed E-state index contributed by atoms with van der Waals surface area (Å²) in [7, 11) is 0. The molecule has 2 aromatic rings. The predicted octanol–water partition coefficient (Wildman–Crippen LogP) is 1.97. The van der Waals surface area contributed by atoms with E-state index in [0.29, 0.717) is 0 Å². The van der Waals surface area contributed by atoms with Crippen molar-refractivity contribution in [3.05, 3.63) is 59.9 Å². The zero-order valence-electron chi connectivity index (χ0n) is 13.1. The maximum Gasteiger partial charge on any atom is 0.245 e. The second-order valence-electron chi connectivity index (χ2n) is 6.31. The van der Waals surface area contributed by atoms with Crippen LogP contribution in [-0.2, 0) is 11.2 Å². The fourth-order valence-corrected chi connectivity index (χ4v) is 3.59. The molecular weight excluding hydrogens is 288 g/mol. The smallest absolute Gasteiger partial charge is 0.245 e. The van der Waals surface area contributed by atoms with Crippen LogP contribution in [0.1, 0.15) is 30.5 Å². The number of para-hydroxylation sites is 1. The number of hydrogen-bond donors (Lipinski definition) is 2. The van der Waals surface area contributed by atoms with Crippen LogP contribution in [0, 0.1) is 0 Å². The van der Waals surface area contributed by atoms with Crippen molar-refractivity contribution in [2.45, 2.75) is 37.9 Å². The molecule has 5 heteroatoms. The van der Waals surface area contributed by atoms with E-state index in [1.807, 2.05) is 41.4 Å². The molecule has 3 atom stereocenters. The van der Waals surface area contributed by atoms with Crippen molar-refractivity contribution in [3.63, 3.8) is 0 Å². The lowest BCUT2D eigenvalue weighted by atomic mass is 10.0. The Morgan fingerprint density at radius 1 is 1.22 bits per heavy atom. The van der Waals surface area contributed by atoms with Crippen molar-refractivity contribution < 1.29 is 4.79 Å². The van der Waals surface area contributed by atoms with Gasteiger partial charge in [0.2, 0.25) is 5.91 Å². The fraction of sp³-hybridized carbons (Fsp3) is 0.333. The van der Waals surface area contributed by atoms with Gasteiger partial charge in [-0.15, -0.1) is 0 Å². The molecule has 1 aromatic heterocycles. The SMILES string of the molecule is CC1Cc2ccccc2N1C(=O)C1CC(c2cccnc2)NN1. The molecule has 23 heavy (non-hydrogen) atoms. The van der Waals surface area contributed by atoms with Gasteiger partial charge in [-0.2, -0.15) is 0 Å². The Labute approximate surface area is 135 Å². The van der Waals surface area contributed by atoms with Gasteiger partial charge >= 0.3 is 0 Å². The largest absolute Gasteiger partial charge is 0.308 e. The zero-order chi connectivity index (χ0) is 15.8. The lowest BCUT2D eigenvalue weighted by Gasteiger charge is -2.25. The highest BCUT2D eigenvalue weighted by atomic mass is 16.2. The molecule has 3 unspecified atom stereocenters. The van der Waals surface area contributed by atoms with Crippen molar-refractivity contribution in [1.82, 2.24) is 15.8 Å². The van der Waals surface area contributed by atoms with Crippen molar-refractivity contribution in [3.8, 4) is 0 Å². The van der Waals surface area contributed by atoms with E-state index in [1.165, 1.54) is 5.56 Å². The second kappa shape index (κ2) is 5.76. The normalized spacial score (nSPS) is 26.3. The number of fused-ring (bicyclic) bond motifs is 1. The first-order chi connectivity index (χ1) is 11.2. The summed E-state index contributed by atoms with van der Waals surface area (Å²) in [6.45, 7) is 2.11. The van der Waals surface area contributed by atoms with E-state index < -0.39 is 0 Å². The van der Waals surface area contributed by atoms with E-state index in [1.54, 1.807) is 6.20 Å². The monoisotopic (exact) mass is 308 g/mol. The molecule has 1 saturated heterocycles. The quantitative estimate of drug-likeness (QED) is 0.890. The number of nitrogens with one attached hydrogen (secondary N) is 2. The molecule has 118 valence electrons. The highest BCUT2D eigenvalue weighted by Crippen LogP contribution is 2.33. The number of rotatable bonds is 2. The number of amides is 1. The van der Waals surface area contributed by atoms with E-state index in [4.69, 9.17) is 0 Å². The summed E-state index contributed by atoms with van der Waals surface area (Å²) in [6, 6.07) is 12.2. The van der Waals surface area contributed by atoms with Gasteiger partial charge in [-0.05, 0) is 43.0 Å². The topological polar surface area (TPSA) is 57.3 Å². The number of nitrogens with zero attached hydrogens (tertiary/aromatic N) is 2. The van der Waals surface area contributed by atoms with Gasteiger partial charge in [-0.25, -0.2) is 10.9 Å². The molecule has 1 aromatic carbocycles. The van der Waals surface area contributed by atoms with Crippen molar-refractivity contribution >= 4 is 11.6 Å². The number of benzene rings is 1. The molecule has 4 rings (SSSR count). The average Bonchev–Trinajstić information content (AvgIpc) is 3.19. The summed E-state index contributed by atoms with van der Waals surface area (Å²) in [4.78, 5) is 19.1. The van der Waals surface area contributed by atoms with Gasteiger partial charge < -0.3 is 4.90 Å². The Hall–Kier alpha value is -2.24. The number of aromatic nitrogens is 1. The Morgan fingerprint density at radius 3 is 2.91 bits per heavy atom. The lowest BCUT2D eigenvalue weighted by molar-refractivity contribution is -0.120. The van der Waals surface area contributed by atoms with Crippen LogP contribution >= 0.6 is 0 Å². The fourth-order valence-electron chi connectivity index (χ4n) is 3.59. The molecule has 2 aliphatic rings. The summed E-state index contributed by atoms with van der Waals surface area (Å²) in [5.41, 5.74) is 9.80. The molecule has 1 fully saturated rings. The van der Waals surface area contributed by atoms with Gasteiger partial charge in [-0.3, -0.25) is 9.78 Å². The van der Waals surface area contributed by atoms with Gasteiger partial charge in [0.05, 0.1) is 0 Å². The van der Waals surface area contributed by atoms with Crippen molar-refractivity contribution in [1.29, 1.82) is 0 Å². The average molecular weight is 308 g/mol. The Bertz CT molecular complexity index is 718. The third-order valence-corrected chi connectivity index (χ3v) is 4.73. The van der Waals surface area contributed by atoms with Gasteiger partial charge in [0, 0.05) is 30.2 Å². The second-order valence-corrected chi connectivity index (χ2v) is 6.31. The van der Waals surface area contributed by atoms with E-state index in [-0.39, 0.29) is 24.0 Å². The van der Waals surface area contributed by atoms with E-state index in [0.717, 1.165) is 24.1 Å². The lowest BCUT2D eigenvalue weighted by Crippen LogP contribution is -2.47. The van der Waals surface area contributed by atoms with Gasteiger partial charge in [0.1, 0.15) is 6.04 Å². The van der Waals surface area contributed by atoms with E-state index in [9.17, 15) is 4.79 Å². The molecule has 0 aliphatic carbocycles. The van der Waals surface area contributed by atoms with Crippen LogP contribution in [0.5, 0.6) is 0 Å². The molecule has 0 saturated carbocycles. The van der Waals surface area contributed by atoms with Gasteiger partial charge in [0.15, 0.2) is 0 Å². The van der Waals surface area contributed by atoms with Crippen LogP contribution in [0.2, 0.25) is 0 Å². The summed E-state index contributed by atoms with van der Waals surface area (Å²) in [5, 5.41) is 0. The van der Waals surface area contributed by atoms with E-state index in [2.05, 4.69) is 28.8 Å². The predicted molar refractivity (Wildman–Crippen MR) is 88.7 cm³/mol. The first-order valence-corrected chi connectivity index (χ1v) is 8.06. The molecule has 2 N–H and O–H groups in total. The summed E-state index contributed by atoms with van der Waals surface area (Å²) < 4.78 is 0. The third kappa shape index (κ3) is 2.52. The number of hydrazine groups is 1. The standard InChI is InChI=1S/C18H20N4O/c1-12-9-13-5-2-3-7-17(13)22(12)18(23)16-10-15(20-21-16)14-6-4-8-19-11-14/h2-8,11-12,15-16,20-21H,9-10H2,1H3. The summed E-state index contributed by atoms with van der Waals surface area (Å²) in [6.07, 6.45) is 5.27. The highest BCUT2D eigenvalue weighted by molar-refractivity contribution is 5.99. The molecule has 0 bridgehead atoms. The van der Waals surface area contributed by atoms with Crippen molar-refractivity contribution in [2.75, 3.05) is 4.90 Å². The summed E-state index contributed by atoms with van der Waals surface area (Å²) in [5.74, 6) is 0.140. The number of pyridine rings is 1. The first-order valence-electron chi connectivity index (χ1n) is 8.06. The van der Waals surface area contributed by atoms with Crippen LogP contribution in [0.15, 0.2) is 48.8 Å². The molecular formula is C18H20N4O. The van der Waals surface area contributed by atoms with Crippen LogP contribution in [0.4, 0.5) is 5.69 Å². The van der Waals surface area contributed by atoms with Crippen LogP contribution in [0.25, 0.3) is 0 Å². The maximum absolute atomic E-state index is 13.0. The van der Waals surface area contributed by atoms with Crippen LogP contribution < -0.4 is 15.8 Å². The molecule has 2 aliphatic heterocycles. The maximum atomic E-state index is 13.0. The number of carbonyl (C=O) groups excluding carboxylic acids is 1. The number of carbonyl (C=O) groups is 1. The minimum atomic E-state index is -0.214. The minimum Gasteiger partial charge on any atom is -0.308 e. The Kier molecular flexibility index (Phi) is 3.59. The molecule has 0 spiro atoms. The molecule has 1 amide bonds. The minimum absolute atomic E-state index is 0.116. The Morgan fingerprint density at radius 2 is 2.09 bits per heavy atom. The van der Waals surface area contributed by atoms with Gasteiger partial charge in [0.25, 0.3) is 0 Å². The van der Waals surface area contributed by atoms with Crippen LogP contribution in [-0.4, -0.2) is 23.0 Å². The van der Waals surface area contributed by atoms with E-state index >= 15 is 0 Å². The summed E-state index contributed by atoms with van der Waals surface area (Å²) >= 11 is 0. The zero-order valence-corrected chi connectivity index (χ0v) is 13.1. The van der Waals surface area contributed by atoms with Gasteiger partial charge in [-0.1, -0.05) is 24.3 Å². The molecule has 0 radical (unpaired) electrons. The van der Waals surface area contributed by atoms with Crippen LogP contribution in [0.3, 0.4) is 0 Å². The highest BCUT2D eigenvalue weighted by Gasteiger charge is 2.38. The third-order valence-electron chi connectivity index (χ3n) is 4.73. The molecule has 3 heterocycles. The first kappa shape index (κ1) is 14.4. The number of anilines is 1.